The number of nitrogens with one attached hydrogen (secondary N) is 2. The van der Waals surface area contributed by atoms with Gasteiger partial charge in [-0.2, -0.15) is 5.10 Å². The molecule has 2 heterocycles. The summed E-state index contributed by atoms with van der Waals surface area (Å²) in [4.78, 5) is 4.43. The highest BCUT2D eigenvalue weighted by atomic mass is 16.5. The zero-order valence-electron chi connectivity index (χ0n) is 12.8. The van der Waals surface area contributed by atoms with Crippen molar-refractivity contribution in [2.45, 2.75) is 51.9 Å². The summed E-state index contributed by atoms with van der Waals surface area (Å²) in [6, 6.07) is 8.62. The molecule has 21 heavy (non-hydrogen) atoms. The lowest BCUT2D eigenvalue weighted by Crippen LogP contribution is -2.37. The Morgan fingerprint density at radius 3 is 2.57 bits per heavy atom. The maximum absolute atomic E-state index is 5.80. The molecule has 0 aliphatic carbocycles. The molecule has 5 nitrogen and oxygen atoms in total. The molecule has 0 saturated carbocycles. The number of hydrogen-bond donors (Lipinski definition) is 2. The summed E-state index contributed by atoms with van der Waals surface area (Å²) >= 11 is 0. The number of hydrogen-bond acceptors (Lipinski definition) is 4. The summed E-state index contributed by atoms with van der Waals surface area (Å²) in [5.74, 6) is 1.57. The van der Waals surface area contributed by atoms with Crippen molar-refractivity contribution in [1.29, 1.82) is 0 Å². The Morgan fingerprint density at radius 1 is 1.19 bits per heavy atom. The molecule has 0 amide bonds. The Bertz CT molecular complexity index is 600. The largest absolute Gasteiger partial charge is 0.382 e. The third-order valence-electron chi connectivity index (χ3n) is 3.82. The molecular weight excluding hydrogens is 264 g/mol. The van der Waals surface area contributed by atoms with Gasteiger partial charge in [0, 0.05) is 17.3 Å². The first-order chi connectivity index (χ1) is 10.1. The van der Waals surface area contributed by atoms with Crippen LogP contribution < -0.4 is 5.32 Å². The number of rotatable bonds is 3. The van der Waals surface area contributed by atoms with Crippen molar-refractivity contribution < 1.29 is 4.74 Å². The third-order valence-corrected chi connectivity index (χ3v) is 3.82. The molecule has 1 aliphatic heterocycles. The minimum absolute atomic E-state index is 0.296. The van der Waals surface area contributed by atoms with Crippen molar-refractivity contribution in [3.8, 4) is 11.4 Å². The fourth-order valence-electron chi connectivity index (χ4n) is 3.01. The molecule has 0 radical (unpaired) electrons. The van der Waals surface area contributed by atoms with E-state index in [1.54, 1.807) is 0 Å². The Kier molecular flexibility index (Phi) is 3.92. The summed E-state index contributed by atoms with van der Waals surface area (Å²) < 4.78 is 5.80. The van der Waals surface area contributed by atoms with Crippen LogP contribution in [0.5, 0.6) is 0 Å². The van der Waals surface area contributed by atoms with E-state index >= 15 is 0 Å². The molecule has 2 atom stereocenters. The fraction of sp³-hybridized carbons (Fsp3) is 0.500. The van der Waals surface area contributed by atoms with E-state index in [0.29, 0.717) is 18.2 Å². The van der Waals surface area contributed by atoms with E-state index in [2.05, 4.69) is 46.5 Å². The van der Waals surface area contributed by atoms with E-state index in [1.165, 1.54) is 0 Å². The number of nitrogens with zero attached hydrogens (tertiary/aromatic N) is 2. The zero-order chi connectivity index (χ0) is 14.8. The molecule has 1 aromatic carbocycles. The van der Waals surface area contributed by atoms with Gasteiger partial charge in [-0.15, -0.1) is 0 Å². The van der Waals surface area contributed by atoms with Crippen LogP contribution in [0.25, 0.3) is 11.4 Å². The molecule has 3 rings (SSSR count). The standard InChI is InChI=1S/C16H22N4O/c1-10-8-13(9-11(2)21-10)18-15-7-5-4-6-14(15)16-17-12(3)19-20-16/h4-7,10-11,13,18H,8-9H2,1-3H3,(H,17,19,20). The first kappa shape index (κ1) is 14.1. The number of anilines is 1. The van der Waals surface area contributed by atoms with Crippen LogP contribution in [-0.4, -0.2) is 33.4 Å². The van der Waals surface area contributed by atoms with Crippen LogP contribution in [0.1, 0.15) is 32.5 Å². The maximum atomic E-state index is 5.80. The van der Waals surface area contributed by atoms with Gasteiger partial charge in [-0.05, 0) is 45.7 Å². The van der Waals surface area contributed by atoms with Crippen molar-refractivity contribution in [2.24, 2.45) is 0 Å². The second kappa shape index (κ2) is 5.85. The van der Waals surface area contributed by atoms with Crippen molar-refractivity contribution >= 4 is 5.69 Å². The highest BCUT2D eigenvalue weighted by Crippen LogP contribution is 2.28. The quantitative estimate of drug-likeness (QED) is 0.910. The van der Waals surface area contributed by atoms with E-state index in [9.17, 15) is 0 Å². The van der Waals surface area contributed by atoms with Gasteiger partial charge in [0.25, 0.3) is 0 Å². The molecule has 2 unspecified atom stereocenters. The van der Waals surface area contributed by atoms with Gasteiger partial charge in [0.2, 0.25) is 0 Å². The van der Waals surface area contributed by atoms with E-state index in [-0.39, 0.29) is 0 Å². The second-order valence-electron chi connectivity index (χ2n) is 5.86. The van der Waals surface area contributed by atoms with Crippen LogP contribution in [-0.2, 0) is 4.74 Å². The highest BCUT2D eigenvalue weighted by molar-refractivity contribution is 5.73. The van der Waals surface area contributed by atoms with Gasteiger partial charge in [-0.3, -0.25) is 5.10 Å². The van der Waals surface area contributed by atoms with Crippen LogP contribution in [0.3, 0.4) is 0 Å². The molecule has 2 aromatic rings. The van der Waals surface area contributed by atoms with Crippen LogP contribution in [0.4, 0.5) is 5.69 Å². The summed E-state index contributed by atoms with van der Waals surface area (Å²) in [6.07, 6.45) is 2.63. The third kappa shape index (κ3) is 3.24. The summed E-state index contributed by atoms with van der Waals surface area (Å²) in [5, 5.41) is 10.8. The fourth-order valence-corrected chi connectivity index (χ4v) is 3.01. The van der Waals surface area contributed by atoms with Crippen molar-refractivity contribution in [2.75, 3.05) is 5.32 Å². The predicted octanol–water partition coefficient (Wildman–Crippen LogP) is 3.15. The molecule has 0 spiro atoms. The van der Waals surface area contributed by atoms with E-state index in [1.807, 2.05) is 19.1 Å². The lowest BCUT2D eigenvalue weighted by molar-refractivity contribution is -0.0337. The Labute approximate surface area is 125 Å². The molecule has 1 saturated heterocycles. The molecule has 1 fully saturated rings. The molecule has 0 bridgehead atoms. The smallest absolute Gasteiger partial charge is 0.183 e. The highest BCUT2D eigenvalue weighted by Gasteiger charge is 2.25. The minimum atomic E-state index is 0.296. The zero-order valence-corrected chi connectivity index (χ0v) is 12.8. The summed E-state index contributed by atoms with van der Waals surface area (Å²) in [5.41, 5.74) is 2.12. The van der Waals surface area contributed by atoms with E-state index in [0.717, 1.165) is 35.7 Å². The lowest BCUT2D eigenvalue weighted by atomic mass is 9.99. The average molecular weight is 286 g/mol. The van der Waals surface area contributed by atoms with Crippen LogP contribution in [0.15, 0.2) is 24.3 Å². The van der Waals surface area contributed by atoms with Gasteiger partial charge >= 0.3 is 0 Å². The topological polar surface area (TPSA) is 62.8 Å². The molecule has 5 heteroatoms. The Balaban J connectivity index is 1.82. The number of benzene rings is 1. The number of aryl methyl sites for hydroxylation is 1. The average Bonchev–Trinajstić information content (AvgIpc) is 2.85. The first-order valence-electron chi connectivity index (χ1n) is 7.52. The van der Waals surface area contributed by atoms with Crippen molar-refractivity contribution in [3.63, 3.8) is 0 Å². The van der Waals surface area contributed by atoms with Gasteiger partial charge in [-0.1, -0.05) is 12.1 Å². The number of aromatic nitrogens is 3. The molecule has 1 aliphatic rings. The summed E-state index contributed by atoms with van der Waals surface area (Å²) in [7, 11) is 0. The van der Waals surface area contributed by atoms with Gasteiger partial charge in [0.05, 0.1) is 12.2 Å². The number of H-pyrrole nitrogens is 1. The van der Waals surface area contributed by atoms with Gasteiger partial charge < -0.3 is 10.1 Å². The van der Waals surface area contributed by atoms with E-state index in [4.69, 9.17) is 4.74 Å². The van der Waals surface area contributed by atoms with Gasteiger partial charge in [0.15, 0.2) is 5.82 Å². The van der Waals surface area contributed by atoms with Crippen molar-refractivity contribution in [3.05, 3.63) is 30.1 Å². The monoisotopic (exact) mass is 286 g/mol. The summed E-state index contributed by atoms with van der Waals surface area (Å²) in [6.45, 7) is 6.18. The number of para-hydroxylation sites is 1. The predicted molar refractivity (Wildman–Crippen MR) is 83.2 cm³/mol. The molecule has 112 valence electrons. The number of ether oxygens (including phenoxy) is 1. The van der Waals surface area contributed by atoms with Gasteiger partial charge in [-0.25, -0.2) is 4.98 Å². The molecule has 2 N–H and O–H groups in total. The lowest BCUT2D eigenvalue weighted by Gasteiger charge is -2.33. The first-order valence-corrected chi connectivity index (χ1v) is 7.52. The van der Waals surface area contributed by atoms with E-state index < -0.39 is 0 Å². The van der Waals surface area contributed by atoms with Crippen molar-refractivity contribution in [1.82, 2.24) is 15.2 Å². The Hall–Kier alpha value is -1.88. The minimum Gasteiger partial charge on any atom is -0.382 e. The Morgan fingerprint density at radius 2 is 1.90 bits per heavy atom. The normalized spacial score (nSPS) is 25.8. The second-order valence-corrected chi connectivity index (χ2v) is 5.86. The van der Waals surface area contributed by atoms with Crippen LogP contribution in [0, 0.1) is 6.92 Å². The SMILES string of the molecule is Cc1nc(-c2ccccc2NC2CC(C)OC(C)C2)n[nH]1. The number of aromatic amines is 1. The molecular formula is C16H22N4O. The van der Waals surface area contributed by atoms with Crippen LogP contribution >= 0.6 is 0 Å². The van der Waals surface area contributed by atoms with Gasteiger partial charge in [0.1, 0.15) is 5.82 Å². The molecule has 1 aromatic heterocycles. The van der Waals surface area contributed by atoms with Crippen LogP contribution in [0.2, 0.25) is 0 Å². The maximum Gasteiger partial charge on any atom is 0.183 e.